The summed E-state index contributed by atoms with van der Waals surface area (Å²) in [6, 6.07) is -0.525. The van der Waals surface area contributed by atoms with E-state index in [9.17, 15) is 4.79 Å². The van der Waals surface area contributed by atoms with Gasteiger partial charge in [0.1, 0.15) is 35.0 Å². The molecule has 0 aliphatic carbocycles. The SMILES string of the molecule is C=C1CN2CC(=C)CC2(COc2nc3c4c(nc(Cl)c(F)c4n2)O[C@@H](C)[C@@H]2[C@@H]4CC[C@H](CN32)N4C(=O)OC(C)(C)C)C1. The fraction of sp³-hybridized carbons (Fsp3) is 0.600. The molecule has 12 heteroatoms. The van der Waals surface area contributed by atoms with Crippen molar-refractivity contribution in [3.63, 3.8) is 0 Å². The second-order valence-electron chi connectivity index (χ2n) is 13.4. The van der Waals surface area contributed by atoms with Crippen LogP contribution in [-0.4, -0.2) is 92.5 Å². The van der Waals surface area contributed by atoms with Gasteiger partial charge in [-0.1, -0.05) is 35.9 Å². The lowest BCUT2D eigenvalue weighted by Gasteiger charge is -2.48. The highest BCUT2D eigenvalue weighted by Crippen LogP contribution is 2.47. The van der Waals surface area contributed by atoms with Gasteiger partial charge in [-0.3, -0.25) is 9.80 Å². The molecule has 2 bridgehead atoms. The summed E-state index contributed by atoms with van der Waals surface area (Å²) in [5, 5.41) is 0.0213. The number of hydrogen-bond donors (Lipinski definition) is 0. The van der Waals surface area contributed by atoms with Crippen molar-refractivity contribution in [2.75, 3.05) is 31.1 Å². The van der Waals surface area contributed by atoms with Crippen LogP contribution in [0.2, 0.25) is 5.15 Å². The molecule has 2 aromatic heterocycles. The highest BCUT2D eigenvalue weighted by molar-refractivity contribution is 6.30. The monoisotopic (exact) mass is 598 g/mol. The van der Waals surface area contributed by atoms with E-state index >= 15 is 4.39 Å². The standard InChI is InChI=1S/C30H36ClFN6O4/c1-15-9-30(10-16(2)12-36(30)11-15)14-40-27-33-22-20-25(35-27)37-13-18-7-8-19(38(18)28(39)42-29(4,5)6)23(37)17(3)41-26(20)34-24(31)21(22)32/h17-19,23H,1-2,7-14H2,3-6H3/t17-,18+,19-,23+/m0/s1. The van der Waals surface area contributed by atoms with Gasteiger partial charge < -0.3 is 19.1 Å². The predicted octanol–water partition coefficient (Wildman–Crippen LogP) is 4.89. The fourth-order valence-electron chi connectivity index (χ4n) is 7.71. The fourth-order valence-corrected chi connectivity index (χ4v) is 7.87. The van der Waals surface area contributed by atoms with Gasteiger partial charge in [0.05, 0.1) is 23.7 Å². The van der Waals surface area contributed by atoms with E-state index in [4.69, 9.17) is 30.8 Å². The Morgan fingerprint density at radius 3 is 2.57 bits per heavy atom. The van der Waals surface area contributed by atoms with Crippen LogP contribution in [0.25, 0.3) is 10.9 Å². The number of halogens is 2. The lowest BCUT2D eigenvalue weighted by atomic mass is 9.92. The van der Waals surface area contributed by atoms with Crippen molar-refractivity contribution in [1.82, 2.24) is 24.8 Å². The van der Waals surface area contributed by atoms with Gasteiger partial charge in [-0.05, 0) is 53.4 Å². The number of anilines is 1. The van der Waals surface area contributed by atoms with Gasteiger partial charge in [0.2, 0.25) is 5.88 Å². The smallest absolute Gasteiger partial charge is 0.410 e. The second kappa shape index (κ2) is 9.41. The summed E-state index contributed by atoms with van der Waals surface area (Å²) in [7, 11) is 0. The summed E-state index contributed by atoms with van der Waals surface area (Å²) in [5.74, 6) is -0.107. The van der Waals surface area contributed by atoms with Gasteiger partial charge in [-0.2, -0.15) is 15.0 Å². The first-order valence-corrected chi connectivity index (χ1v) is 14.9. The van der Waals surface area contributed by atoms with Crippen LogP contribution in [0, 0.1) is 5.82 Å². The Balaban J connectivity index is 1.28. The minimum atomic E-state index is -0.753. The van der Waals surface area contributed by atoms with Crippen molar-refractivity contribution in [3.8, 4) is 11.9 Å². The summed E-state index contributed by atoms with van der Waals surface area (Å²) in [4.78, 5) is 33.3. The van der Waals surface area contributed by atoms with E-state index in [1.165, 1.54) is 0 Å². The molecule has 7 heterocycles. The van der Waals surface area contributed by atoms with E-state index in [2.05, 4.69) is 32.9 Å². The van der Waals surface area contributed by atoms with Gasteiger partial charge in [-0.15, -0.1) is 0 Å². The third kappa shape index (κ3) is 4.30. The van der Waals surface area contributed by atoms with Crippen LogP contribution in [-0.2, 0) is 4.74 Å². The van der Waals surface area contributed by atoms with Crippen LogP contribution in [0.3, 0.4) is 0 Å². The van der Waals surface area contributed by atoms with Crippen molar-refractivity contribution in [2.45, 2.75) is 88.7 Å². The molecule has 10 nitrogen and oxygen atoms in total. The van der Waals surface area contributed by atoms with Gasteiger partial charge >= 0.3 is 12.1 Å². The van der Waals surface area contributed by atoms with E-state index in [1.54, 1.807) is 0 Å². The molecule has 0 unspecified atom stereocenters. The molecule has 4 atom stereocenters. The molecule has 0 spiro atoms. The maximum atomic E-state index is 15.6. The molecule has 4 fully saturated rings. The zero-order chi connectivity index (χ0) is 29.7. The third-order valence-electron chi connectivity index (χ3n) is 9.16. The Kier molecular flexibility index (Phi) is 6.19. The van der Waals surface area contributed by atoms with Crippen molar-refractivity contribution < 1.29 is 23.4 Å². The lowest BCUT2D eigenvalue weighted by molar-refractivity contribution is 0.000935. The maximum Gasteiger partial charge on any atom is 0.410 e. The van der Waals surface area contributed by atoms with Crippen LogP contribution in [0.5, 0.6) is 11.9 Å². The van der Waals surface area contributed by atoms with E-state index < -0.39 is 17.5 Å². The molecule has 0 radical (unpaired) electrons. The van der Waals surface area contributed by atoms with Crippen LogP contribution in [0.4, 0.5) is 15.0 Å². The van der Waals surface area contributed by atoms with E-state index in [-0.39, 0.29) is 52.3 Å². The van der Waals surface area contributed by atoms with E-state index in [0.717, 1.165) is 49.9 Å². The summed E-state index contributed by atoms with van der Waals surface area (Å²) in [6.45, 7) is 18.3. The predicted molar refractivity (Wildman–Crippen MR) is 156 cm³/mol. The van der Waals surface area contributed by atoms with Crippen molar-refractivity contribution in [1.29, 1.82) is 0 Å². The minimum Gasteiger partial charge on any atom is -0.472 e. The Labute approximate surface area is 249 Å². The zero-order valence-electron chi connectivity index (χ0n) is 24.5. The third-order valence-corrected chi connectivity index (χ3v) is 9.41. The van der Waals surface area contributed by atoms with E-state index in [0.29, 0.717) is 24.4 Å². The topological polar surface area (TPSA) is 93.2 Å². The Bertz CT molecular complexity index is 1510. The molecule has 7 rings (SSSR count). The number of rotatable bonds is 3. The number of fused-ring (bicyclic) bond motifs is 6. The van der Waals surface area contributed by atoms with Crippen LogP contribution >= 0.6 is 11.6 Å². The first-order valence-electron chi connectivity index (χ1n) is 14.6. The summed E-state index contributed by atoms with van der Waals surface area (Å²) >= 11 is 6.25. The molecule has 0 N–H and O–H groups in total. The molecule has 5 aliphatic heterocycles. The largest absolute Gasteiger partial charge is 0.472 e. The highest BCUT2D eigenvalue weighted by Gasteiger charge is 2.54. The molecule has 0 saturated carbocycles. The summed E-state index contributed by atoms with van der Waals surface area (Å²) in [5.41, 5.74) is 1.42. The summed E-state index contributed by atoms with van der Waals surface area (Å²) in [6.07, 6.45) is 2.42. The maximum absolute atomic E-state index is 15.6. The molecule has 1 amide bonds. The number of piperazine rings is 1. The normalized spacial score (nSPS) is 28.0. The van der Waals surface area contributed by atoms with Gasteiger partial charge in [-0.25, -0.2) is 9.18 Å². The van der Waals surface area contributed by atoms with Gasteiger partial charge in [0.25, 0.3) is 0 Å². The average molecular weight is 599 g/mol. The Morgan fingerprint density at radius 2 is 1.88 bits per heavy atom. The molecule has 224 valence electrons. The minimum absolute atomic E-state index is 0.000730. The molecular formula is C30H36ClFN6O4. The average Bonchev–Trinajstić information content (AvgIpc) is 3.45. The van der Waals surface area contributed by atoms with Crippen LogP contribution < -0.4 is 14.4 Å². The molecular weight excluding hydrogens is 563 g/mol. The first kappa shape index (κ1) is 27.6. The molecule has 0 aromatic carbocycles. The number of amides is 1. The Hall–Kier alpha value is -3.18. The first-order chi connectivity index (χ1) is 19.8. The lowest BCUT2D eigenvalue weighted by Crippen LogP contribution is -2.65. The molecule has 42 heavy (non-hydrogen) atoms. The number of aromatic nitrogens is 3. The molecule has 4 saturated heterocycles. The van der Waals surface area contributed by atoms with Crippen molar-refractivity contribution in [2.24, 2.45) is 0 Å². The molecule has 2 aromatic rings. The number of ether oxygens (including phenoxy) is 3. The zero-order valence-corrected chi connectivity index (χ0v) is 25.2. The number of carbonyl (C=O) groups is 1. The van der Waals surface area contributed by atoms with Crippen molar-refractivity contribution in [3.05, 3.63) is 35.3 Å². The van der Waals surface area contributed by atoms with Crippen molar-refractivity contribution >= 4 is 34.4 Å². The second-order valence-corrected chi connectivity index (χ2v) is 13.8. The van der Waals surface area contributed by atoms with Gasteiger partial charge in [0.15, 0.2) is 11.0 Å². The summed E-state index contributed by atoms with van der Waals surface area (Å²) < 4.78 is 34.0. The Morgan fingerprint density at radius 1 is 1.17 bits per heavy atom. The van der Waals surface area contributed by atoms with Crippen LogP contribution in [0.1, 0.15) is 53.4 Å². The quantitative estimate of drug-likeness (QED) is 0.361. The van der Waals surface area contributed by atoms with Crippen LogP contribution in [0.15, 0.2) is 24.3 Å². The number of hydrogen-bond acceptors (Lipinski definition) is 9. The number of carbonyl (C=O) groups excluding carboxylic acids is 1. The highest BCUT2D eigenvalue weighted by atomic mass is 35.5. The number of pyridine rings is 1. The van der Waals surface area contributed by atoms with E-state index in [1.807, 2.05) is 32.6 Å². The molecule has 5 aliphatic rings. The van der Waals surface area contributed by atoms with Gasteiger partial charge in [0, 0.05) is 19.6 Å². The number of nitrogens with zero attached hydrogens (tertiary/aromatic N) is 6.